The van der Waals surface area contributed by atoms with Gasteiger partial charge >= 0.3 is 42.1 Å². The molecule has 0 heterocycles. The molecule has 0 atom stereocenters. The monoisotopic (exact) mass is 356 g/mol. The fourth-order valence-electron chi connectivity index (χ4n) is 0. The molecule has 0 nitrogen and oxygen atoms in total. The Morgan fingerprint density at radius 3 is 0.286 bits per heavy atom. The molecule has 0 unspecified atom stereocenters. The molecule has 0 aliphatic rings. The molecule has 0 N–H and O–H groups in total. The van der Waals surface area contributed by atoms with Crippen LogP contribution in [0.1, 0.15) is 0 Å². The van der Waals surface area contributed by atoms with Crippen molar-refractivity contribution in [3.05, 3.63) is 0 Å². The van der Waals surface area contributed by atoms with Gasteiger partial charge in [-0.05, 0) is 0 Å². The van der Waals surface area contributed by atoms with Crippen LogP contribution in [-0.2, 0) is 110 Å². The Morgan fingerprint density at radius 2 is 0.286 bits per heavy atom. The summed E-state index contributed by atoms with van der Waals surface area (Å²) in [6.45, 7) is 0. The molecule has 0 aromatic heterocycles. The molecule has 2 radical (unpaired) electrons. The van der Waals surface area contributed by atoms with E-state index in [1.807, 2.05) is 0 Å². The van der Waals surface area contributed by atoms with Gasteiger partial charge in [0.15, 0.2) is 0 Å². The summed E-state index contributed by atoms with van der Waals surface area (Å²) in [5, 5.41) is 0. The largest absolute Gasteiger partial charge is 5.00 e. The molecular formula is Mo2S5. The van der Waals surface area contributed by atoms with Gasteiger partial charge in [-0.3, -0.25) is 0 Å². The normalized spacial score (nSPS) is 0. The second-order valence-corrected chi connectivity index (χ2v) is 0. The van der Waals surface area contributed by atoms with Gasteiger partial charge in [-0.1, -0.05) is 0 Å². The zero-order valence-electron chi connectivity index (χ0n) is 2.86. The van der Waals surface area contributed by atoms with Gasteiger partial charge in [0.2, 0.25) is 0 Å². The first-order valence-electron chi connectivity index (χ1n) is 0. The van der Waals surface area contributed by atoms with Crippen LogP contribution < -0.4 is 0 Å². The molecule has 0 aromatic carbocycles. The maximum atomic E-state index is 0. The first kappa shape index (κ1) is 86.3. The van der Waals surface area contributed by atoms with Gasteiger partial charge in [-0.2, -0.15) is 0 Å². The van der Waals surface area contributed by atoms with E-state index in [2.05, 4.69) is 0 Å². The molecule has 0 aromatic rings. The van der Waals surface area contributed by atoms with Gasteiger partial charge in [0.05, 0.1) is 0 Å². The van der Waals surface area contributed by atoms with Crippen LogP contribution in [0.5, 0.6) is 0 Å². The van der Waals surface area contributed by atoms with Crippen molar-refractivity contribution in [2.75, 3.05) is 0 Å². The van der Waals surface area contributed by atoms with Crippen LogP contribution in [0.3, 0.4) is 0 Å². The first-order valence-corrected chi connectivity index (χ1v) is 0. The fourth-order valence-corrected chi connectivity index (χ4v) is 0. The molecule has 0 saturated carbocycles. The predicted molar refractivity (Wildman–Crippen MR) is 36.8 cm³/mol. The van der Waals surface area contributed by atoms with Crippen LogP contribution in [0.15, 0.2) is 0 Å². The van der Waals surface area contributed by atoms with E-state index in [4.69, 9.17) is 0 Å². The summed E-state index contributed by atoms with van der Waals surface area (Å²) in [5.74, 6) is 0. The van der Waals surface area contributed by atoms with Crippen molar-refractivity contribution < 1.29 is 42.1 Å². The summed E-state index contributed by atoms with van der Waals surface area (Å²) >= 11 is 0. The summed E-state index contributed by atoms with van der Waals surface area (Å²) in [7, 11) is 0. The van der Waals surface area contributed by atoms with Gasteiger partial charge < -0.3 is 67.5 Å². The van der Waals surface area contributed by atoms with Crippen LogP contribution in [0, 0.1) is 0 Å². The first-order chi connectivity index (χ1) is 0. The Balaban J connectivity index is 0. The Labute approximate surface area is 108 Å². The molecule has 42 valence electrons. The van der Waals surface area contributed by atoms with E-state index in [9.17, 15) is 0 Å². The molecule has 0 fully saturated rings. The third kappa shape index (κ3) is 47.4. The Bertz CT molecular complexity index is 6.04. The molecule has 0 aliphatic heterocycles. The van der Waals surface area contributed by atoms with E-state index in [1.54, 1.807) is 0 Å². The topological polar surface area (TPSA) is 0 Å². The van der Waals surface area contributed by atoms with Crippen molar-refractivity contribution in [2.45, 2.75) is 0 Å². The SMILES string of the molecule is [Mo+5].[Mo+5].[S-2].[S-2].[S-2].[S-2].[S-2]. The van der Waals surface area contributed by atoms with Crippen LogP contribution in [0.4, 0.5) is 0 Å². The third-order valence-electron chi connectivity index (χ3n) is 0. The second-order valence-electron chi connectivity index (χ2n) is 0. The average molecular weight is 352 g/mol. The predicted octanol–water partition coefficient (Wildman–Crippen LogP) is -0.0170. The minimum atomic E-state index is 0. The van der Waals surface area contributed by atoms with Crippen LogP contribution in [0.2, 0.25) is 0 Å². The van der Waals surface area contributed by atoms with E-state index >= 15 is 0 Å². The van der Waals surface area contributed by atoms with Crippen molar-refractivity contribution in [3.63, 3.8) is 0 Å². The average Bonchev–Trinajstić information content (AvgIpc) is 0. The minimum Gasteiger partial charge on any atom is -2.00 e. The van der Waals surface area contributed by atoms with Crippen molar-refractivity contribution in [1.82, 2.24) is 0 Å². The Hall–Kier alpha value is 3.13. The summed E-state index contributed by atoms with van der Waals surface area (Å²) in [6, 6.07) is 0. The zero-order chi connectivity index (χ0) is 0. The molecule has 0 bridgehead atoms. The van der Waals surface area contributed by atoms with E-state index in [-0.39, 0.29) is 110 Å². The molecular weight excluding hydrogens is 352 g/mol. The minimum absolute atomic E-state index is 0. The van der Waals surface area contributed by atoms with Crippen molar-refractivity contribution in [2.24, 2.45) is 0 Å². The summed E-state index contributed by atoms with van der Waals surface area (Å²) in [5.41, 5.74) is 0. The smallest absolute Gasteiger partial charge is 2.00 e. The van der Waals surface area contributed by atoms with Gasteiger partial charge in [-0.25, -0.2) is 0 Å². The fraction of sp³-hybridized carbons (Fsp3) is 0. The van der Waals surface area contributed by atoms with E-state index < -0.39 is 0 Å². The summed E-state index contributed by atoms with van der Waals surface area (Å²) in [4.78, 5) is 0. The Kier molecular flexibility index (Phi) is 760. The Morgan fingerprint density at radius 1 is 0.286 bits per heavy atom. The maximum absolute atomic E-state index is 0. The summed E-state index contributed by atoms with van der Waals surface area (Å²) < 4.78 is 0. The second kappa shape index (κ2) is 61.7. The van der Waals surface area contributed by atoms with E-state index in [0.717, 1.165) is 0 Å². The summed E-state index contributed by atoms with van der Waals surface area (Å²) in [6.07, 6.45) is 0. The number of rotatable bonds is 0. The van der Waals surface area contributed by atoms with Crippen LogP contribution in [0.25, 0.3) is 0 Å². The van der Waals surface area contributed by atoms with Crippen molar-refractivity contribution in [3.8, 4) is 0 Å². The van der Waals surface area contributed by atoms with Gasteiger partial charge in [0, 0.05) is 0 Å². The van der Waals surface area contributed by atoms with E-state index in [1.165, 1.54) is 0 Å². The molecule has 0 spiro atoms. The molecule has 0 saturated heterocycles. The quantitative estimate of drug-likeness (QED) is 0.538. The van der Waals surface area contributed by atoms with Crippen molar-refractivity contribution in [1.29, 1.82) is 0 Å². The maximum Gasteiger partial charge on any atom is 5.00 e. The molecule has 0 rings (SSSR count). The third-order valence-corrected chi connectivity index (χ3v) is 0. The van der Waals surface area contributed by atoms with E-state index in [0.29, 0.717) is 0 Å². The molecule has 7 heteroatoms. The molecule has 0 aliphatic carbocycles. The van der Waals surface area contributed by atoms with Crippen LogP contribution >= 0.6 is 0 Å². The van der Waals surface area contributed by atoms with Gasteiger partial charge in [-0.15, -0.1) is 0 Å². The van der Waals surface area contributed by atoms with Gasteiger partial charge in [0.25, 0.3) is 0 Å². The van der Waals surface area contributed by atoms with Crippen molar-refractivity contribution >= 4 is 67.5 Å². The molecule has 7 heavy (non-hydrogen) atoms. The number of hydrogen-bond donors (Lipinski definition) is 0. The van der Waals surface area contributed by atoms with Crippen LogP contribution in [-0.4, -0.2) is 0 Å². The standard InChI is InChI=1S/2Mo.5S/q2*+5;5*-2. The molecule has 0 amide bonds. The zero-order valence-corrected chi connectivity index (χ0v) is 11.0. The van der Waals surface area contributed by atoms with Gasteiger partial charge in [0.1, 0.15) is 0 Å². The number of hydrogen-bond acceptors (Lipinski definition) is 0.